The van der Waals surface area contributed by atoms with Crippen LogP contribution in [-0.2, 0) is 0 Å². The summed E-state index contributed by atoms with van der Waals surface area (Å²) in [5.74, 6) is 0. The summed E-state index contributed by atoms with van der Waals surface area (Å²) >= 11 is 0. The zero-order valence-electron chi connectivity index (χ0n) is 16.3. The SMILES string of the molecule is Cc1ccc([P+](CCCO)(c2ccc(C)cc2)c2ccc(C)cc2)cc1.[Cl-]. The maximum absolute atomic E-state index is 9.62. The van der Waals surface area contributed by atoms with Gasteiger partial charge in [0.15, 0.2) is 0 Å². The van der Waals surface area contributed by atoms with Gasteiger partial charge in [0.25, 0.3) is 0 Å². The van der Waals surface area contributed by atoms with Crippen molar-refractivity contribution in [1.29, 1.82) is 0 Å². The molecule has 0 heterocycles. The molecule has 0 aliphatic carbocycles. The van der Waals surface area contributed by atoms with Crippen LogP contribution < -0.4 is 28.3 Å². The van der Waals surface area contributed by atoms with Crippen molar-refractivity contribution in [3.8, 4) is 0 Å². The number of benzene rings is 3. The molecule has 0 aliphatic heterocycles. The average Bonchev–Trinajstić information content (AvgIpc) is 2.66. The van der Waals surface area contributed by atoms with Crippen LogP contribution in [-0.4, -0.2) is 17.9 Å². The van der Waals surface area contributed by atoms with Crippen molar-refractivity contribution in [2.75, 3.05) is 12.8 Å². The largest absolute Gasteiger partial charge is 1.00 e. The molecule has 0 bridgehead atoms. The van der Waals surface area contributed by atoms with E-state index in [0.29, 0.717) is 0 Å². The van der Waals surface area contributed by atoms with Gasteiger partial charge < -0.3 is 17.5 Å². The van der Waals surface area contributed by atoms with Crippen LogP contribution in [0.1, 0.15) is 23.1 Å². The van der Waals surface area contributed by atoms with Crippen molar-refractivity contribution >= 4 is 23.2 Å². The minimum atomic E-state index is -1.79. The summed E-state index contributed by atoms with van der Waals surface area (Å²) in [7, 11) is -1.79. The molecule has 142 valence electrons. The fourth-order valence-corrected chi connectivity index (χ4v) is 7.80. The molecule has 0 aromatic heterocycles. The summed E-state index contributed by atoms with van der Waals surface area (Å²) < 4.78 is 0. The van der Waals surface area contributed by atoms with Crippen LogP contribution in [0.3, 0.4) is 0 Å². The highest BCUT2D eigenvalue weighted by Crippen LogP contribution is 2.55. The summed E-state index contributed by atoms with van der Waals surface area (Å²) in [5, 5.41) is 13.8. The molecule has 1 N–H and O–H groups in total. The molecule has 0 saturated heterocycles. The van der Waals surface area contributed by atoms with E-state index >= 15 is 0 Å². The lowest BCUT2D eigenvalue weighted by Gasteiger charge is -2.28. The molecule has 0 radical (unpaired) electrons. The molecular formula is C24H28ClOP. The van der Waals surface area contributed by atoms with Crippen LogP contribution in [0.4, 0.5) is 0 Å². The normalized spacial score (nSPS) is 11.1. The van der Waals surface area contributed by atoms with Gasteiger partial charge in [-0.15, -0.1) is 0 Å². The van der Waals surface area contributed by atoms with Crippen molar-refractivity contribution in [3.63, 3.8) is 0 Å². The molecular weight excluding hydrogens is 371 g/mol. The van der Waals surface area contributed by atoms with Crippen LogP contribution in [0.2, 0.25) is 0 Å². The van der Waals surface area contributed by atoms with Gasteiger partial charge in [-0.3, -0.25) is 0 Å². The van der Waals surface area contributed by atoms with Crippen molar-refractivity contribution in [2.45, 2.75) is 27.2 Å². The lowest BCUT2D eigenvalue weighted by atomic mass is 10.2. The predicted molar refractivity (Wildman–Crippen MR) is 116 cm³/mol. The molecule has 0 fully saturated rings. The highest BCUT2D eigenvalue weighted by atomic mass is 35.5. The molecule has 27 heavy (non-hydrogen) atoms. The number of rotatable bonds is 6. The molecule has 0 unspecified atom stereocenters. The second kappa shape index (κ2) is 9.51. The highest BCUT2D eigenvalue weighted by Gasteiger charge is 2.44. The Morgan fingerprint density at radius 1 is 0.593 bits per heavy atom. The number of aliphatic hydroxyl groups is 1. The van der Waals surface area contributed by atoms with Gasteiger partial charge in [-0.2, -0.15) is 0 Å². The van der Waals surface area contributed by atoms with Crippen LogP contribution in [0, 0.1) is 20.8 Å². The Morgan fingerprint density at radius 2 is 0.889 bits per heavy atom. The van der Waals surface area contributed by atoms with Crippen LogP contribution in [0.25, 0.3) is 0 Å². The van der Waals surface area contributed by atoms with Gasteiger partial charge in [0.1, 0.15) is 23.2 Å². The smallest absolute Gasteiger partial charge is 0.112 e. The first-order valence-corrected chi connectivity index (χ1v) is 11.2. The Labute approximate surface area is 170 Å². The first kappa shape index (κ1) is 21.6. The van der Waals surface area contributed by atoms with Gasteiger partial charge in [-0.05, 0) is 57.2 Å². The number of hydrogen-bond acceptors (Lipinski definition) is 1. The number of aryl methyl sites for hydroxylation is 3. The van der Waals surface area contributed by atoms with E-state index in [4.69, 9.17) is 0 Å². The molecule has 3 aromatic rings. The molecule has 0 amide bonds. The quantitative estimate of drug-likeness (QED) is 0.620. The Hall–Kier alpha value is -1.66. The zero-order valence-corrected chi connectivity index (χ0v) is 18.0. The van der Waals surface area contributed by atoms with E-state index < -0.39 is 7.26 Å². The Morgan fingerprint density at radius 3 is 1.15 bits per heavy atom. The first-order chi connectivity index (χ1) is 12.6. The van der Waals surface area contributed by atoms with E-state index in [1.54, 1.807) is 0 Å². The third-order valence-electron chi connectivity index (χ3n) is 5.08. The Balaban J connectivity index is 0.00000261. The van der Waals surface area contributed by atoms with Gasteiger partial charge >= 0.3 is 0 Å². The molecule has 3 heteroatoms. The van der Waals surface area contributed by atoms with Gasteiger partial charge in [0.2, 0.25) is 0 Å². The summed E-state index contributed by atoms with van der Waals surface area (Å²) in [6, 6.07) is 27.0. The van der Waals surface area contributed by atoms with Crippen molar-refractivity contribution in [2.24, 2.45) is 0 Å². The molecule has 1 nitrogen and oxygen atoms in total. The van der Waals surface area contributed by atoms with Crippen molar-refractivity contribution < 1.29 is 17.5 Å². The maximum atomic E-state index is 9.62. The summed E-state index contributed by atoms with van der Waals surface area (Å²) in [5.41, 5.74) is 3.84. The van der Waals surface area contributed by atoms with Gasteiger partial charge in [0, 0.05) is 13.0 Å². The van der Waals surface area contributed by atoms with E-state index in [9.17, 15) is 5.11 Å². The Kier molecular flexibility index (Phi) is 7.62. The van der Waals surface area contributed by atoms with E-state index in [1.165, 1.54) is 32.6 Å². The van der Waals surface area contributed by atoms with Gasteiger partial charge in [0.05, 0.1) is 6.16 Å². The lowest BCUT2D eigenvalue weighted by molar-refractivity contribution is -0.00000643. The molecule has 0 spiro atoms. The minimum Gasteiger partial charge on any atom is -1.00 e. The molecule has 3 rings (SSSR count). The third kappa shape index (κ3) is 4.61. The fraction of sp³-hybridized carbons (Fsp3) is 0.250. The van der Waals surface area contributed by atoms with E-state index in [0.717, 1.165) is 12.6 Å². The standard InChI is InChI=1S/C24H28OP.ClH/c1-19-5-11-22(12-6-19)26(18-4-17-25,23-13-7-20(2)8-14-23)24-15-9-21(3)10-16-24;/h5-16,25H,4,17-18H2,1-3H3;1H/q+1;/p-1. The van der Waals surface area contributed by atoms with Crippen LogP contribution in [0.15, 0.2) is 72.8 Å². The topological polar surface area (TPSA) is 20.2 Å². The fourth-order valence-electron chi connectivity index (χ4n) is 3.54. The number of halogens is 1. The molecule has 0 aliphatic rings. The second-order valence-electron chi connectivity index (χ2n) is 7.12. The second-order valence-corrected chi connectivity index (χ2v) is 10.7. The third-order valence-corrected chi connectivity index (χ3v) is 9.60. The van der Waals surface area contributed by atoms with Crippen LogP contribution >= 0.6 is 7.26 Å². The van der Waals surface area contributed by atoms with E-state index in [2.05, 4.69) is 93.6 Å². The maximum Gasteiger partial charge on any atom is 0.112 e. The summed E-state index contributed by atoms with van der Waals surface area (Å²) in [6.07, 6.45) is 1.79. The summed E-state index contributed by atoms with van der Waals surface area (Å²) in [6.45, 7) is 6.63. The Bertz CT molecular complexity index is 728. The van der Waals surface area contributed by atoms with Crippen molar-refractivity contribution in [3.05, 3.63) is 89.5 Å². The monoisotopic (exact) mass is 398 g/mol. The molecule has 0 atom stereocenters. The van der Waals surface area contributed by atoms with Crippen molar-refractivity contribution in [1.82, 2.24) is 0 Å². The van der Waals surface area contributed by atoms with Crippen LogP contribution in [0.5, 0.6) is 0 Å². The predicted octanol–water partition coefficient (Wildman–Crippen LogP) is 1.29. The first-order valence-electron chi connectivity index (χ1n) is 9.27. The average molecular weight is 399 g/mol. The number of hydrogen-bond donors (Lipinski definition) is 1. The number of aliphatic hydroxyl groups excluding tert-OH is 1. The lowest BCUT2D eigenvalue weighted by Crippen LogP contribution is -3.00. The minimum absolute atomic E-state index is 0. The molecule has 3 aromatic carbocycles. The van der Waals surface area contributed by atoms with E-state index in [1.807, 2.05) is 0 Å². The summed E-state index contributed by atoms with van der Waals surface area (Å²) in [4.78, 5) is 0. The van der Waals surface area contributed by atoms with E-state index in [-0.39, 0.29) is 19.0 Å². The van der Waals surface area contributed by atoms with Gasteiger partial charge in [-0.25, -0.2) is 0 Å². The van der Waals surface area contributed by atoms with Gasteiger partial charge in [-0.1, -0.05) is 53.1 Å². The zero-order chi connectivity index (χ0) is 18.6. The molecule has 0 saturated carbocycles. The highest BCUT2D eigenvalue weighted by molar-refractivity contribution is 7.95.